The molecule has 1 aromatic heterocycles. The van der Waals surface area contributed by atoms with Crippen molar-refractivity contribution >= 4 is 15.9 Å². The molecule has 2 aliphatic heterocycles. The van der Waals surface area contributed by atoms with Crippen molar-refractivity contribution in [3.63, 3.8) is 0 Å². The van der Waals surface area contributed by atoms with Gasteiger partial charge in [-0.2, -0.15) is 4.31 Å². The van der Waals surface area contributed by atoms with Gasteiger partial charge in [0.15, 0.2) is 5.76 Å². The molecule has 0 unspecified atom stereocenters. The van der Waals surface area contributed by atoms with Gasteiger partial charge in [-0.1, -0.05) is 18.2 Å². The van der Waals surface area contributed by atoms with Crippen LogP contribution in [-0.4, -0.2) is 38.3 Å². The van der Waals surface area contributed by atoms with Gasteiger partial charge in [0.2, 0.25) is 10.0 Å². The Morgan fingerprint density at radius 2 is 1.96 bits per heavy atom. The van der Waals surface area contributed by atoms with Crippen LogP contribution in [0.15, 0.2) is 39.6 Å². The number of aryl methyl sites for hydroxylation is 1. The van der Waals surface area contributed by atoms with E-state index in [1.54, 1.807) is 6.92 Å². The Bertz CT molecular complexity index is 944. The fourth-order valence-corrected chi connectivity index (χ4v) is 5.09. The van der Waals surface area contributed by atoms with Crippen molar-refractivity contribution in [2.75, 3.05) is 19.7 Å². The SMILES string of the molecule is Cc1oc(C(=O)N[C@@H]2COc3ccccc32)cc1S(=O)(=O)N1CCCC1. The summed E-state index contributed by atoms with van der Waals surface area (Å²) in [5.74, 6) is 0.502. The summed E-state index contributed by atoms with van der Waals surface area (Å²) in [5, 5.41) is 2.85. The molecule has 1 N–H and O–H groups in total. The number of hydrogen-bond acceptors (Lipinski definition) is 5. The number of nitrogens with zero attached hydrogens (tertiary/aromatic N) is 1. The topological polar surface area (TPSA) is 88.8 Å². The summed E-state index contributed by atoms with van der Waals surface area (Å²) in [6, 6.07) is 8.52. The lowest BCUT2D eigenvalue weighted by atomic mass is 10.1. The Hall–Kier alpha value is -2.32. The Morgan fingerprint density at radius 1 is 1.23 bits per heavy atom. The lowest BCUT2D eigenvalue weighted by Gasteiger charge is -2.14. The molecule has 4 rings (SSSR count). The number of carbonyl (C=O) groups excluding carboxylic acids is 1. The maximum absolute atomic E-state index is 12.7. The number of hydrogen-bond donors (Lipinski definition) is 1. The lowest BCUT2D eigenvalue weighted by molar-refractivity contribution is 0.0901. The van der Waals surface area contributed by atoms with Gasteiger partial charge in [-0.25, -0.2) is 8.42 Å². The molecule has 26 heavy (non-hydrogen) atoms. The van der Waals surface area contributed by atoms with E-state index in [9.17, 15) is 13.2 Å². The van der Waals surface area contributed by atoms with Crippen LogP contribution >= 0.6 is 0 Å². The van der Waals surface area contributed by atoms with Crippen molar-refractivity contribution in [2.45, 2.75) is 30.7 Å². The maximum atomic E-state index is 12.7. The Morgan fingerprint density at radius 3 is 2.73 bits per heavy atom. The van der Waals surface area contributed by atoms with Crippen LogP contribution in [0.3, 0.4) is 0 Å². The predicted molar refractivity (Wildman–Crippen MR) is 93.6 cm³/mol. The minimum absolute atomic E-state index is 0.00958. The molecule has 0 spiro atoms. The van der Waals surface area contributed by atoms with Crippen LogP contribution < -0.4 is 10.1 Å². The standard InChI is InChI=1S/C18H20N2O5S/c1-12-17(26(22,23)20-8-4-5-9-20)10-16(25-12)18(21)19-14-11-24-15-7-3-2-6-13(14)15/h2-3,6-7,10,14H,4-5,8-9,11H2,1H3,(H,19,21)/t14-/m1/s1. The average molecular weight is 376 g/mol. The number of para-hydroxylation sites is 1. The number of fused-ring (bicyclic) bond motifs is 1. The van der Waals surface area contributed by atoms with Crippen molar-refractivity contribution < 1.29 is 22.4 Å². The number of rotatable bonds is 4. The van der Waals surface area contributed by atoms with E-state index in [-0.39, 0.29) is 22.5 Å². The number of sulfonamides is 1. The zero-order valence-corrected chi connectivity index (χ0v) is 15.2. The number of carbonyl (C=O) groups is 1. The van der Waals surface area contributed by atoms with E-state index < -0.39 is 15.9 Å². The summed E-state index contributed by atoms with van der Waals surface area (Å²) in [5.41, 5.74) is 0.897. The number of benzene rings is 1. The molecule has 0 radical (unpaired) electrons. The highest BCUT2D eigenvalue weighted by Crippen LogP contribution is 2.32. The van der Waals surface area contributed by atoms with Gasteiger partial charge in [0, 0.05) is 24.7 Å². The second-order valence-corrected chi connectivity index (χ2v) is 8.42. The molecule has 1 aromatic carbocycles. The third-order valence-corrected chi connectivity index (χ3v) is 6.79. The fraction of sp³-hybridized carbons (Fsp3) is 0.389. The van der Waals surface area contributed by atoms with Crippen LogP contribution in [0, 0.1) is 6.92 Å². The summed E-state index contributed by atoms with van der Waals surface area (Å²) in [4.78, 5) is 12.6. The van der Waals surface area contributed by atoms with Crippen LogP contribution in [0.25, 0.3) is 0 Å². The molecular weight excluding hydrogens is 356 g/mol. The van der Waals surface area contributed by atoms with Crippen LogP contribution in [0.4, 0.5) is 0 Å². The van der Waals surface area contributed by atoms with E-state index in [0.29, 0.717) is 19.7 Å². The molecule has 0 saturated carbocycles. The third-order valence-electron chi connectivity index (χ3n) is 4.78. The Balaban J connectivity index is 1.55. The molecule has 2 aromatic rings. The van der Waals surface area contributed by atoms with Gasteiger partial charge in [0.1, 0.15) is 23.0 Å². The van der Waals surface area contributed by atoms with Gasteiger partial charge < -0.3 is 14.5 Å². The van der Waals surface area contributed by atoms with Crippen molar-refractivity contribution in [3.8, 4) is 5.75 Å². The van der Waals surface area contributed by atoms with E-state index >= 15 is 0 Å². The largest absolute Gasteiger partial charge is 0.491 e. The molecule has 1 fully saturated rings. The number of amides is 1. The molecule has 7 nitrogen and oxygen atoms in total. The van der Waals surface area contributed by atoms with E-state index in [1.165, 1.54) is 10.4 Å². The summed E-state index contributed by atoms with van der Waals surface area (Å²) in [6.07, 6.45) is 1.70. The minimum Gasteiger partial charge on any atom is -0.491 e. The maximum Gasteiger partial charge on any atom is 0.287 e. The molecule has 0 aliphatic carbocycles. The predicted octanol–water partition coefficient (Wildman–Crippen LogP) is 2.24. The molecule has 1 atom stereocenters. The molecule has 138 valence electrons. The normalized spacial score (nSPS) is 20.0. The average Bonchev–Trinajstić information content (AvgIpc) is 3.35. The molecule has 2 aliphatic rings. The molecule has 1 saturated heterocycles. The second kappa shape index (κ2) is 6.44. The van der Waals surface area contributed by atoms with Gasteiger partial charge in [-0.15, -0.1) is 0 Å². The van der Waals surface area contributed by atoms with Crippen LogP contribution in [0.2, 0.25) is 0 Å². The summed E-state index contributed by atoms with van der Waals surface area (Å²) < 4.78 is 37.9. The minimum atomic E-state index is -3.62. The first-order valence-electron chi connectivity index (χ1n) is 8.60. The quantitative estimate of drug-likeness (QED) is 0.884. The van der Waals surface area contributed by atoms with Crippen molar-refractivity contribution in [2.24, 2.45) is 0 Å². The van der Waals surface area contributed by atoms with Gasteiger partial charge in [0.25, 0.3) is 5.91 Å². The first-order chi connectivity index (χ1) is 12.5. The van der Waals surface area contributed by atoms with Gasteiger partial charge in [0.05, 0.1) is 6.04 Å². The van der Waals surface area contributed by atoms with E-state index in [0.717, 1.165) is 24.2 Å². The van der Waals surface area contributed by atoms with Crippen molar-refractivity contribution in [1.29, 1.82) is 0 Å². The van der Waals surface area contributed by atoms with Gasteiger partial charge in [-0.05, 0) is 25.8 Å². The molecule has 1 amide bonds. The first kappa shape index (κ1) is 17.1. The third kappa shape index (κ3) is 2.89. The number of furan rings is 1. The fourth-order valence-electron chi connectivity index (χ4n) is 3.41. The van der Waals surface area contributed by atoms with Crippen LogP contribution in [0.5, 0.6) is 5.75 Å². The molecule has 3 heterocycles. The molecular formula is C18H20N2O5S. The summed E-state index contributed by atoms with van der Waals surface area (Å²) in [7, 11) is -3.62. The van der Waals surface area contributed by atoms with Gasteiger partial charge in [-0.3, -0.25) is 4.79 Å². The van der Waals surface area contributed by atoms with Gasteiger partial charge >= 0.3 is 0 Å². The van der Waals surface area contributed by atoms with Crippen molar-refractivity contribution in [1.82, 2.24) is 9.62 Å². The first-order valence-corrected chi connectivity index (χ1v) is 10.0. The summed E-state index contributed by atoms with van der Waals surface area (Å²) >= 11 is 0. The summed E-state index contributed by atoms with van der Waals surface area (Å²) in [6.45, 7) is 2.91. The monoisotopic (exact) mass is 376 g/mol. The van der Waals surface area contributed by atoms with Crippen LogP contribution in [-0.2, 0) is 10.0 Å². The second-order valence-electron chi connectivity index (χ2n) is 6.52. The van der Waals surface area contributed by atoms with Crippen LogP contribution in [0.1, 0.15) is 40.8 Å². The zero-order valence-electron chi connectivity index (χ0n) is 14.4. The van der Waals surface area contributed by atoms with E-state index in [4.69, 9.17) is 9.15 Å². The van der Waals surface area contributed by atoms with E-state index in [1.807, 2.05) is 24.3 Å². The number of ether oxygens (including phenoxy) is 1. The lowest BCUT2D eigenvalue weighted by Crippen LogP contribution is -2.29. The Kier molecular flexibility index (Phi) is 4.24. The highest BCUT2D eigenvalue weighted by molar-refractivity contribution is 7.89. The zero-order chi connectivity index (χ0) is 18.3. The molecule has 8 heteroatoms. The van der Waals surface area contributed by atoms with E-state index in [2.05, 4.69) is 5.32 Å². The highest BCUT2D eigenvalue weighted by atomic mass is 32.2. The molecule has 0 bridgehead atoms. The highest BCUT2D eigenvalue weighted by Gasteiger charge is 2.33. The smallest absolute Gasteiger partial charge is 0.287 e. The number of nitrogens with one attached hydrogen (secondary N) is 1. The Labute approximate surface area is 152 Å². The van der Waals surface area contributed by atoms with Crippen molar-refractivity contribution in [3.05, 3.63) is 47.4 Å².